The van der Waals surface area contributed by atoms with Gasteiger partial charge < -0.3 is 15.2 Å². The Morgan fingerprint density at radius 3 is 2.62 bits per heavy atom. The molecule has 16 heavy (non-hydrogen) atoms. The Morgan fingerprint density at radius 2 is 2.19 bits per heavy atom. The number of anilines is 1. The van der Waals surface area contributed by atoms with E-state index in [1.807, 2.05) is 0 Å². The number of esters is 1. The van der Waals surface area contributed by atoms with E-state index in [4.69, 9.17) is 17.3 Å². The third-order valence-electron chi connectivity index (χ3n) is 1.41. The van der Waals surface area contributed by atoms with Crippen molar-refractivity contribution < 1.29 is 19.1 Å². The van der Waals surface area contributed by atoms with E-state index < -0.39 is 12.1 Å². The van der Waals surface area contributed by atoms with Crippen LogP contribution in [0.25, 0.3) is 0 Å². The Labute approximate surface area is 107 Å². The van der Waals surface area contributed by atoms with Crippen LogP contribution in [0.1, 0.15) is 16.6 Å². The molecule has 0 aliphatic heterocycles. The predicted octanol–water partition coefficient (Wildman–Crippen LogP) is 2.72. The van der Waals surface area contributed by atoms with Crippen LogP contribution in [0, 0.1) is 0 Å². The molecule has 0 aliphatic carbocycles. The van der Waals surface area contributed by atoms with Gasteiger partial charge in [-0.1, -0.05) is 11.6 Å². The van der Waals surface area contributed by atoms with Crippen molar-refractivity contribution in [3.05, 3.63) is 15.3 Å². The molecule has 0 bridgehead atoms. The van der Waals surface area contributed by atoms with Crippen molar-refractivity contribution in [2.75, 3.05) is 12.3 Å². The molecule has 1 aromatic heterocycles. The quantitative estimate of drug-likeness (QED) is 0.668. The average Bonchev–Trinajstić information content (AvgIpc) is 2.48. The van der Waals surface area contributed by atoms with E-state index in [9.17, 15) is 9.59 Å². The van der Waals surface area contributed by atoms with Gasteiger partial charge in [0.05, 0.1) is 17.3 Å². The number of halogens is 2. The Bertz CT molecular complexity index is 393. The van der Waals surface area contributed by atoms with Crippen molar-refractivity contribution in [1.82, 2.24) is 0 Å². The molecule has 0 radical (unpaired) electrons. The molecule has 2 N–H and O–H groups in total. The number of rotatable bonds is 2. The number of nitrogen functional groups attached to an aromatic ring is 1. The molecular formula is C8H9Cl2NO4S. The molecule has 1 rings (SSSR count). The molecule has 0 fully saturated rings. The molecule has 1 aromatic rings. The summed E-state index contributed by atoms with van der Waals surface area (Å²) in [6.07, 6.45) is -1.05. The van der Waals surface area contributed by atoms with Crippen molar-refractivity contribution in [3.63, 3.8) is 0 Å². The maximum absolute atomic E-state index is 11.3. The number of carbonyl (C=O) groups is 2. The first-order valence-electron chi connectivity index (χ1n) is 3.97. The van der Waals surface area contributed by atoms with Gasteiger partial charge in [0.2, 0.25) is 0 Å². The van der Waals surface area contributed by atoms with E-state index >= 15 is 0 Å². The smallest absolute Gasteiger partial charge is 0.434 e. The van der Waals surface area contributed by atoms with Gasteiger partial charge in [0.25, 0.3) is 0 Å². The first-order chi connectivity index (χ1) is 7.06. The molecule has 0 aliphatic rings. The van der Waals surface area contributed by atoms with Crippen LogP contribution in [0.2, 0.25) is 5.02 Å². The van der Waals surface area contributed by atoms with Crippen LogP contribution in [0.5, 0.6) is 0 Å². The Morgan fingerprint density at radius 1 is 1.56 bits per heavy atom. The van der Waals surface area contributed by atoms with Crippen LogP contribution in [0.15, 0.2) is 5.38 Å². The van der Waals surface area contributed by atoms with E-state index in [0.717, 1.165) is 11.3 Å². The lowest BCUT2D eigenvalue weighted by molar-refractivity contribution is 0.0407. The number of hydrogen-bond acceptors (Lipinski definition) is 6. The lowest BCUT2D eigenvalue weighted by Gasteiger charge is -2.01. The minimum absolute atomic E-state index is 0. The highest BCUT2D eigenvalue weighted by Crippen LogP contribution is 2.29. The van der Waals surface area contributed by atoms with E-state index in [1.165, 1.54) is 5.38 Å². The van der Waals surface area contributed by atoms with Gasteiger partial charge in [0.1, 0.15) is 4.88 Å². The van der Waals surface area contributed by atoms with Gasteiger partial charge in [0.15, 0.2) is 0 Å². The van der Waals surface area contributed by atoms with Crippen molar-refractivity contribution in [3.8, 4) is 0 Å². The zero-order valence-corrected chi connectivity index (χ0v) is 10.6. The van der Waals surface area contributed by atoms with Gasteiger partial charge in [-0.3, -0.25) is 0 Å². The number of nitrogens with two attached hydrogens (primary N) is 1. The van der Waals surface area contributed by atoms with Crippen LogP contribution < -0.4 is 5.73 Å². The van der Waals surface area contributed by atoms with Crippen LogP contribution >= 0.6 is 35.3 Å². The lowest BCUT2D eigenvalue weighted by atomic mass is 10.4. The van der Waals surface area contributed by atoms with E-state index in [-0.39, 0.29) is 34.6 Å². The molecule has 0 saturated carbocycles. The van der Waals surface area contributed by atoms with Crippen molar-refractivity contribution in [1.29, 1.82) is 0 Å². The molecule has 0 spiro atoms. The first-order valence-corrected chi connectivity index (χ1v) is 5.23. The fraction of sp³-hybridized carbons (Fsp3) is 0.250. The molecule has 8 heteroatoms. The summed E-state index contributed by atoms with van der Waals surface area (Å²) >= 11 is 6.64. The van der Waals surface area contributed by atoms with Crippen LogP contribution in [0.4, 0.5) is 10.5 Å². The monoisotopic (exact) mass is 285 g/mol. The van der Waals surface area contributed by atoms with Gasteiger partial charge in [-0.25, -0.2) is 9.59 Å². The van der Waals surface area contributed by atoms with Crippen molar-refractivity contribution >= 4 is 53.2 Å². The number of hydrogen-bond donors (Lipinski definition) is 1. The molecule has 5 nitrogen and oxygen atoms in total. The maximum atomic E-state index is 11.3. The largest absolute Gasteiger partial charge is 0.516 e. The molecule has 1 heterocycles. The highest BCUT2D eigenvalue weighted by atomic mass is 35.5. The highest BCUT2D eigenvalue weighted by molar-refractivity contribution is 7.13. The van der Waals surface area contributed by atoms with Gasteiger partial charge in [-0.05, 0) is 6.92 Å². The fourth-order valence-corrected chi connectivity index (χ4v) is 1.78. The topological polar surface area (TPSA) is 78.6 Å². The Kier molecular flexibility index (Phi) is 6.17. The molecular weight excluding hydrogens is 277 g/mol. The SMILES string of the molecule is CCOC(=O)OC(=O)c1scc(Cl)c1N.Cl. The second-order valence-corrected chi connectivity index (χ2v) is 3.69. The third-order valence-corrected chi connectivity index (χ3v) is 2.82. The van der Waals surface area contributed by atoms with E-state index in [0.29, 0.717) is 0 Å². The zero-order chi connectivity index (χ0) is 11.4. The third kappa shape index (κ3) is 3.55. The fourth-order valence-electron chi connectivity index (χ4n) is 0.774. The normalized spacial score (nSPS) is 9.12. The molecule has 90 valence electrons. The summed E-state index contributed by atoms with van der Waals surface area (Å²) in [5.41, 5.74) is 5.59. The molecule has 0 aromatic carbocycles. The first kappa shape index (κ1) is 15.0. The second kappa shape index (κ2) is 6.57. The Hall–Kier alpha value is -0.980. The average molecular weight is 286 g/mol. The van der Waals surface area contributed by atoms with E-state index in [1.54, 1.807) is 6.92 Å². The highest BCUT2D eigenvalue weighted by Gasteiger charge is 2.19. The number of thiophene rings is 1. The maximum Gasteiger partial charge on any atom is 0.516 e. The van der Waals surface area contributed by atoms with Gasteiger partial charge in [-0.15, -0.1) is 23.7 Å². The predicted molar refractivity (Wildman–Crippen MR) is 63.4 cm³/mol. The van der Waals surface area contributed by atoms with E-state index in [2.05, 4.69) is 9.47 Å². The standard InChI is InChI=1S/C8H8ClNO4S.ClH/c1-2-13-8(12)14-7(11)6-5(10)4(9)3-15-6;/h3H,2,10H2,1H3;1H. The van der Waals surface area contributed by atoms with Crippen molar-refractivity contribution in [2.45, 2.75) is 6.92 Å². The van der Waals surface area contributed by atoms with Crippen LogP contribution in [0.3, 0.4) is 0 Å². The molecule has 0 atom stereocenters. The minimum Gasteiger partial charge on any atom is -0.434 e. The van der Waals surface area contributed by atoms with Gasteiger partial charge >= 0.3 is 12.1 Å². The second-order valence-electron chi connectivity index (χ2n) is 2.40. The summed E-state index contributed by atoms with van der Waals surface area (Å²) in [6.45, 7) is 1.73. The summed E-state index contributed by atoms with van der Waals surface area (Å²) in [6, 6.07) is 0. The van der Waals surface area contributed by atoms with Crippen LogP contribution in [-0.4, -0.2) is 18.7 Å². The summed E-state index contributed by atoms with van der Waals surface area (Å²) in [4.78, 5) is 22.2. The lowest BCUT2D eigenvalue weighted by Crippen LogP contribution is -2.13. The summed E-state index contributed by atoms with van der Waals surface area (Å²) in [5.74, 6) is -0.858. The number of ether oxygens (including phenoxy) is 2. The molecule has 0 amide bonds. The number of carbonyl (C=O) groups excluding carboxylic acids is 2. The van der Waals surface area contributed by atoms with Gasteiger partial charge in [-0.2, -0.15) is 0 Å². The summed E-state index contributed by atoms with van der Waals surface area (Å²) in [5, 5.41) is 1.74. The summed E-state index contributed by atoms with van der Waals surface area (Å²) < 4.78 is 8.77. The molecule has 0 saturated heterocycles. The van der Waals surface area contributed by atoms with Gasteiger partial charge in [0, 0.05) is 5.38 Å². The van der Waals surface area contributed by atoms with Crippen molar-refractivity contribution in [2.24, 2.45) is 0 Å². The molecule has 0 unspecified atom stereocenters. The van der Waals surface area contributed by atoms with Crippen LogP contribution in [-0.2, 0) is 9.47 Å². The Balaban J connectivity index is 0.00000225. The summed E-state index contributed by atoms with van der Waals surface area (Å²) in [7, 11) is 0. The minimum atomic E-state index is -1.05. The zero-order valence-electron chi connectivity index (χ0n) is 8.19.